The molecule has 1 aliphatic carbocycles. The van der Waals surface area contributed by atoms with Crippen LogP contribution >= 0.6 is 23.1 Å². The molecule has 0 unspecified atom stereocenters. The Bertz CT molecular complexity index is 840. The number of thiophene rings is 1. The second kappa shape index (κ2) is 9.56. The number of aryl methyl sites for hydroxylation is 1. The van der Waals surface area contributed by atoms with E-state index in [-0.39, 0.29) is 11.7 Å². The van der Waals surface area contributed by atoms with E-state index in [4.69, 9.17) is 4.74 Å². The monoisotopic (exact) mass is 422 g/mol. The first kappa shape index (κ1) is 20.9. The molecule has 0 radical (unpaired) electrons. The van der Waals surface area contributed by atoms with Gasteiger partial charge in [-0.15, -0.1) is 21.5 Å². The molecule has 28 heavy (non-hydrogen) atoms. The maximum atomic E-state index is 12.5. The van der Waals surface area contributed by atoms with E-state index in [0.717, 1.165) is 35.2 Å². The SMILES string of the molecule is CCOC(=O)c1cc(C)sc1NC(=O)CSc1nnc(C2CCCC2)n1CC. The number of nitrogens with zero attached hydrogens (tertiary/aromatic N) is 3. The van der Waals surface area contributed by atoms with E-state index in [1.54, 1.807) is 13.0 Å². The van der Waals surface area contributed by atoms with Crippen molar-refractivity contribution in [3.63, 3.8) is 0 Å². The predicted octanol–water partition coefficient (Wildman–Crippen LogP) is 4.23. The van der Waals surface area contributed by atoms with Crippen LogP contribution in [0, 0.1) is 6.92 Å². The van der Waals surface area contributed by atoms with Crippen molar-refractivity contribution in [1.29, 1.82) is 0 Å². The molecule has 1 N–H and O–H groups in total. The Balaban J connectivity index is 1.63. The van der Waals surface area contributed by atoms with Crippen LogP contribution in [-0.4, -0.2) is 39.0 Å². The largest absolute Gasteiger partial charge is 0.462 e. The van der Waals surface area contributed by atoms with Crippen LogP contribution in [0.2, 0.25) is 0 Å². The molecule has 2 aromatic heterocycles. The van der Waals surface area contributed by atoms with Crippen molar-refractivity contribution >= 4 is 40.0 Å². The summed E-state index contributed by atoms with van der Waals surface area (Å²) in [5.74, 6) is 1.15. The van der Waals surface area contributed by atoms with Gasteiger partial charge in [0.1, 0.15) is 10.8 Å². The summed E-state index contributed by atoms with van der Waals surface area (Å²) in [6.07, 6.45) is 4.82. The van der Waals surface area contributed by atoms with Crippen molar-refractivity contribution in [2.24, 2.45) is 0 Å². The van der Waals surface area contributed by atoms with Gasteiger partial charge in [0.25, 0.3) is 0 Å². The highest BCUT2D eigenvalue weighted by Gasteiger charge is 2.24. The van der Waals surface area contributed by atoms with Crippen molar-refractivity contribution in [2.45, 2.75) is 64.1 Å². The molecular formula is C19H26N4O3S2. The number of ether oxygens (including phenoxy) is 1. The molecule has 2 heterocycles. The molecule has 1 aliphatic rings. The first-order valence-electron chi connectivity index (χ1n) is 9.66. The van der Waals surface area contributed by atoms with Gasteiger partial charge in [0.15, 0.2) is 5.16 Å². The molecule has 0 atom stereocenters. The number of hydrogen-bond acceptors (Lipinski definition) is 7. The summed E-state index contributed by atoms with van der Waals surface area (Å²) in [4.78, 5) is 25.5. The average molecular weight is 423 g/mol. The van der Waals surface area contributed by atoms with Gasteiger partial charge in [-0.2, -0.15) is 0 Å². The first-order chi connectivity index (χ1) is 13.5. The maximum Gasteiger partial charge on any atom is 0.341 e. The van der Waals surface area contributed by atoms with Crippen molar-refractivity contribution in [3.8, 4) is 0 Å². The number of carbonyl (C=O) groups is 2. The Morgan fingerprint density at radius 2 is 2.07 bits per heavy atom. The maximum absolute atomic E-state index is 12.5. The highest BCUT2D eigenvalue weighted by atomic mass is 32.2. The molecule has 3 rings (SSSR count). The van der Waals surface area contributed by atoms with Crippen LogP contribution in [0.25, 0.3) is 0 Å². The third kappa shape index (κ3) is 4.75. The summed E-state index contributed by atoms with van der Waals surface area (Å²) in [7, 11) is 0. The third-order valence-corrected chi connectivity index (χ3v) is 6.65. The molecule has 0 bridgehead atoms. The molecule has 0 aliphatic heterocycles. The zero-order chi connectivity index (χ0) is 20.1. The number of carbonyl (C=O) groups excluding carboxylic acids is 2. The number of amides is 1. The van der Waals surface area contributed by atoms with Gasteiger partial charge in [0.2, 0.25) is 5.91 Å². The van der Waals surface area contributed by atoms with E-state index in [1.165, 1.54) is 35.9 Å². The number of thioether (sulfide) groups is 1. The lowest BCUT2D eigenvalue weighted by molar-refractivity contribution is -0.113. The number of hydrogen-bond donors (Lipinski definition) is 1. The topological polar surface area (TPSA) is 86.1 Å². The number of nitrogens with one attached hydrogen (secondary N) is 1. The Kier molecular flexibility index (Phi) is 7.12. The highest BCUT2D eigenvalue weighted by molar-refractivity contribution is 7.99. The quantitative estimate of drug-likeness (QED) is 0.506. The van der Waals surface area contributed by atoms with E-state index in [0.29, 0.717) is 23.1 Å². The van der Waals surface area contributed by atoms with Gasteiger partial charge in [-0.05, 0) is 39.7 Å². The fraction of sp³-hybridized carbons (Fsp3) is 0.579. The summed E-state index contributed by atoms with van der Waals surface area (Å²) in [5, 5.41) is 12.8. The van der Waals surface area contributed by atoms with Crippen molar-refractivity contribution in [3.05, 3.63) is 22.3 Å². The third-order valence-electron chi connectivity index (χ3n) is 4.72. The first-order valence-corrected chi connectivity index (χ1v) is 11.5. The van der Waals surface area contributed by atoms with Gasteiger partial charge in [0, 0.05) is 17.3 Å². The van der Waals surface area contributed by atoms with Crippen LogP contribution in [0.15, 0.2) is 11.2 Å². The van der Waals surface area contributed by atoms with E-state index in [1.807, 2.05) is 6.92 Å². The van der Waals surface area contributed by atoms with Gasteiger partial charge < -0.3 is 14.6 Å². The van der Waals surface area contributed by atoms with E-state index in [2.05, 4.69) is 27.0 Å². The van der Waals surface area contributed by atoms with E-state index in [9.17, 15) is 9.59 Å². The second-order valence-electron chi connectivity index (χ2n) is 6.72. The van der Waals surface area contributed by atoms with Gasteiger partial charge in [-0.25, -0.2) is 4.79 Å². The highest BCUT2D eigenvalue weighted by Crippen LogP contribution is 2.34. The lowest BCUT2D eigenvalue weighted by Crippen LogP contribution is -2.16. The van der Waals surface area contributed by atoms with Crippen LogP contribution < -0.4 is 5.32 Å². The Morgan fingerprint density at radius 1 is 1.32 bits per heavy atom. The molecule has 0 aromatic carbocycles. The van der Waals surface area contributed by atoms with Gasteiger partial charge >= 0.3 is 5.97 Å². The van der Waals surface area contributed by atoms with Crippen LogP contribution in [0.5, 0.6) is 0 Å². The minimum Gasteiger partial charge on any atom is -0.462 e. The molecule has 1 fully saturated rings. The Morgan fingerprint density at radius 3 is 2.75 bits per heavy atom. The molecule has 152 valence electrons. The zero-order valence-corrected chi connectivity index (χ0v) is 18.1. The summed E-state index contributed by atoms with van der Waals surface area (Å²) in [6, 6.07) is 1.74. The van der Waals surface area contributed by atoms with Gasteiger partial charge in [-0.1, -0.05) is 24.6 Å². The standard InChI is InChI=1S/C19H26N4O3S2/c1-4-23-16(13-8-6-7-9-13)21-22-19(23)27-11-15(24)20-17-14(10-12(3)28-17)18(25)26-5-2/h10,13H,4-9,11H2,1-3H3,(H,20,24). The molecule has 2 aromatic rings. The lowest BCUT2D eigenvalue weighted by Gasteiger charge is -2.11. The van der Waals surface area contributed by atoms with Crippen molar-refractivity contribution < 1.29 is 14.3 Å². The number of esters is 1. The van der Waals surface area contributed by atoms with Gasteiger partial charge in [0.05, 0.1) is 17.9 Å². The van der Waals surface area contributed by atoms with Crippen molar-refractivity contribution in [1.82, 2.24) is 14.8 Å². The fourth-order valence-electron chi connectivity index (χ4n) is 3.45. The summed E-state index contributed by atoms with van der Waals surface area (Å²) in [6.45, 7) is 6.82. The molecule has 0 spiro atoms. The Labute approximate surface area is 173 Å². The number of rotatable bonds is 8. The van der Waals surface area contributed by atoms with E-state index >= 15 is 0 Å². The Hall–Kier alpha value is -1.87. The summed E-state index contributed by atoms with van der Waals surface area (Å²) in [5.41, 5.74) is 0.406. The van der Waals surface area contributed by atoms with E-state index < -0.39 is 5.97 Å². The summed E-state index contributed by atoms with van der Waals surface area (Å²) < 4.78 is 7.18. The van der Waals surface area contributed by atoms with Crippen LogP contribution in [0.1, 0.15) is 66.5 Å². The van der Waals surface area contributed by atoms with Crippen LogP contribution in [0.4, 0.5) is 5.00 Å². The minimum absolute atomic E-state index is 0.175. The predicted molar refractivity (Wildman–Crippen MR) is 111 cm³/mol. The van der Waals surface area contributed by atoms with Crippen molar-refractivity contribution in [2.75, 3.05) is 17.7 Å². The molecule has 9 heteroatoms. The smallest absolute Gasteiger partial charge is 0.341 e. The lowest BCUT2D eigenvalue weighted by atomic mass is 10.1. The second-order valence-corrected chi connectivity index (χ2v) is 8.92. The average Bonchev–Trinajstić information content (AvgIpc) is 3.39. The van der Waals surface area contributed by atoms with Gasteiger partial charge in [-0.3, -0.25) is 4.79 Å². The number of anilines is 1. The number of aromatic nitrogens is 3. The zero-order valence-electron chi connectivity index (χ0n) is 16.5. The summed E-state index contributed by atoms with van der Waals surface area (Å²) >= 11 is 2.75. The van der Waals surface area contributed by atoms with Crippen LogP contribution in [0.3, 0.4) is 0 Å². The molecular weight excluding hydrogens is 396 g/mol. The van der Waals surface area contributed by atoms with Crippen LogP contribution in [-0.2, 0) is 16.1 Å². The normalized spacial score (nSPS) is 14.4. The molecule has 1 amide bonds. The minimum atomic E-state index is -0.415. The molecule has 0 saturated heterocycles. The molecule has 1 saturated carbocycles. The fourth-order valence-corrected chi connectivity index (χ4v) is 5.18. The molecule has 7 nitrogen and oxygen atoms in total.